The van der Waals surface area contributed by atoms with Gasteiger partial charge in [0.25, 0.3) is 0 Å². The third-order valence-electron chi connectivity index (χ3n) is 18.4. The van der Waals surface area contributed by atoms with Gasteiger partial charge in [0.1, 0.15) is 45.6 Å². The normalized spacial score (nSPS) is 14.5. The summed E-state index contributed by atoms with van der Waals surface area (Å²) in [5.41, 5.74) is 0. The minimum Gasteiger partial charge on any atom is -0.778 e. The Morgan fingerprint density at radius 3 is 0.321 bits per heavy atom. The molecule has 0 amide bonds. The second kappa shape index (κ2) is 96.7. The topological polar surface area (TPSA) is 296 Å². The van der Waals surface area contributed by atoms with Gasteiger partial charge in [-0.2, -0.15) is 0 Å². The zero-order chi connectivity index (χ0) is 82.2. The quantitative estimate of drug-likeness (QED) is 0.0310. The van der Waals surface area contributed by atoms with Crippen molar-refractivity contribution < 1.29 is 105 Å². The zero-order valence-corrected chi connectivity index (χ0v) is 80.7. The molecule has 660 valence electrons. The first-order valence-corrected chi connectivity index (χ1v) is 55.8. The van der Waals surface area contributed by atoms with Crippen molar-refractivity contribution in [2.75, 3.05) is 76.6 Å². The van der Waals surface area contributed by atoms with Gasteiger partial charge >= 0.3 is 21.1 Å². The van der Waals surface area contributed by atoms with Gasteiger partial charge in [-0.3, -0.25) is 0 Å². The molecule has 0 bridgehead atoms. The summed E-state index contributed by atoms with van der Waals surface area (Å²) in [5.74, 6) is 0. The fourth-order valence-corrected chi connectivity index (χ4v) is 18.2. The minimum absolute atomic E-state index is 0. The van der Waals surface area contributed by atoms with E-state index in [0.29, 0.717) is 39.6 Å². The molecule has 0 heterocycles. The molecular formula is C84H180MoO18P6. The summed E-state index contributed by atoms with van der Waals surface area (Å²) in [5, 5.41) is 0. The first-order valence-electron chi connectivity index (χ1n) is 45.4. The minimum atomic E-state index is -3.55. The van der Waals surface area contributed by atoms with Gasteiger partial charge in [-0.15, -0.1) is 0 Å². The van der Waals surface area contributed by atoms with Gasteiger partial charge in [0.2, 0.25) is 0 Å². The smallest absolute Gasteiger partial charge is 0.778 e. The predicted octanol–water partition coefficient (Wildman–Crippen LogP) is 27.0. The molecule has 0 spiro atoms. The van der Waals surface area contributed by atoms with Crippen molar-refractivity contribution in [3.05, 3.63) is 0 Å². The van der Waals surface area contributed by atoms with E-state index in [-0.39, 0.29) is 58.0 Å². The molecule has 0 rings (SSSR count). The number of hydrogen-bond acceptors (Lipinski definition) is 18. The van der Waals surface area contributed by atoms with Crippen molar-refractivity contribution in [2.24, 2.45) is 0 Å². The van der Waals surface area contributed by atoms with Gasteiger partial charge < -0.3 is 83.9 Å². The maximum Gasteiger partial charge on any atom is 6.00 e. The summed E-state index contributed by atoms with van der Waals surface area (Å²) in [6, 6.07) is 0. The molecule has 0 N–H and O–H groups in total. The molecule has 0 fully saturated rings. The maximum absolute atomic E-state index is 11.6. The Morgan fingerprint density at radius 1 is 0.147 bits per heavy atom. The summed E-state index contributed by atoms with van der Waals surface area (Å²) in [6.45, 7) is 28.2. The maximum atomic E-state index is 11.6. The van der Waals surface area contributed by atoms with Crippen LogP contribution in [0.4, 0.5) is 0 Å². The number of hydrogen-bond donors (Lipinski definition) is 0. The van der Waals surface area contributed by atoms with Crippen LogP contribution in [0.5, 0.6) is 0 Å². The molecule has 0 aliphatic rings. The zero-order valence-electron chi connectivity index (χ0n) is 73.4. The van der Waals surface area contributed by atoms with E-state index in [4.69, 9.17) is 27.1 Å². The Bertz CT molecular complexity index is 1680. The van der Waals surface area contributed by atoms with Crippen molar-refractivity contribution in [3.63, 3.8) is 0 Å². The van der Waals surface area contributed by atoms with Gasteiger partial charge in [-0.25, -0.2) is 0 Å². The van der Waals surface area contributed by atoms with Crippen LogP contribution in [0.15, 0.2) is 0 Å². The van der Waals surface area contributed by atoms with Gasteiger partial charge in [-0.05, 0) is 77.0 Å². The first kappa shape index (κ1) is 124. The van der Waals surface area contributed by atoms with Crippen LogP contribution in [0.2, 0.25) is 0 Å². The van der Waals surface area contributed by atoms with E-state index >= 15 is 0 Å². The van der Waals surface area contributed by atoms with Crippen LogP contribution in [-0.4, -0.2) is 76.6 Å². The molecule has 109 heavy (non-hydrogen) atoms. The molecule has 0 radical (unpaired) electrons. The van der Waals surface area contributed by atoms with Crippen LogP contribution < -0.4 is 29.4 Å². The standard InChI is InChI=1S/6C14H31O3P.Mo/c6*1-3-5-7-9-11-13-17-18(15,16)14-12-10-8-6-4-2;/h6*3-14H2,1-2H3,(H,15,16);/q;;;;;;+6/p-6. The summed E-state index contributed by atoms with van der Waals surface area (Å²) in [6.07, 6.45) is 66.2. The average Bonchev–Trinajstić information content (AvgIpc) is 0.998. The van der Waals surface area contributed by atoms with Crippen LogP contribution in [0.3, 0.4) is 0 Å². The number of rotatable bonds is 78. The van der Waals surface area contributed by atoms with E-state index < -0.39 is 45.6 Å². The Hall–Kier alpha value is 1.59. The first-order chi connectivity index (χ1) is 51.7. The van der Waals surface area contributed by atoms with Crippen LogP contribution in [-0.2, 0) is 75.6 Å². The van der Waals surface area contributed by atoms with Crippen molar-refractivity contribution in [1.29, 1.82) is 0 Å². The third-order valence-corrected chi connectivity index (χ3v) is 27.1. The van der Waals surface area contributed by atoms with Gasteiger partial charge in [0, 0.05) is 37.0 Å². The molecule has 0 aliphatic heterocycles. The molecule has 6 unspecified atom stereocenters. The molecule has 0 aromatic rings. The summed E-state index contributed by atoms with van der Waals surface area (Å²) >= 11 is 0. The average molecular weight is 1760 g/mol. The summed E-state index contributed by atoms with van der Waals surface area (Å²) in [7, 11) is -21.3. The summed E-state index contributed by atoms with van der Waals surface area (Å²) < 4.78 is 99.4. The van der Waals surface area contributed by atoms with Gasteiger partial charge in [0.15, 0.2) is 0 Å². The second-order valence-corrected chi connectivity index (χ2v) is 41.5. The fourth-order valence-electron chi connectivity index (χ4n) is 11.3. The molecule has 25 heteroatoms. The van der Waals surface area contributed by atoms with E-state index in [1.54, 1.807) is 0 Å². The molecule has 0 saturated heterocycles. The van der Waals surface area contributed by atoms with Gasteiger partial charge in [0.05, 0.1) is 39.6 Å². The van der Waals surface area contributed by atoms with Crippen molar-refractivity contribution >= 4 is 45.6 Å². The number of unbranched alkanes of at least 4 members (excludes halogenated alkanes) is 48. The van der Waals surface area contributed by atoms with Crippen LogP contribution in [0, 0.1) is 0 Å². The summed E-state index contributed by atoms with van der Waals surface area (Å²) in [4.78, 5) is 69.3. The molecule has 6 atom stereocenters. The Morgan fingerprint density at radius 2 is 0.229 bits per heavy atom. The van der Waals surface area contributed by atoms with E-state index in [0.717, 1.165) is 193 Å². The van der Waals surface area contributed by atoms with Crippen molar-refractivity contribution in [3.8, 4) is 0 Å². The molecule has 0 aliphatic carbocycles. The third kappa shape index (κ3) is 118. The van der Waals surface area contributed by atoms with E-state index in [9.17, 15) is 56.8 Å². The van der Waals surface area contributed by atoms with Crippen molar-refractivity contribution in [1.82, 2.24) is 0 Å². The van der Waals surface area contributed by atoms with Crippen LogP contribution >= 0.6 is 45.6 Å². The Kier molecular flexibility index (Phi) is 110. The molecule has 0 aromatic carbocycles. The van der Waals surface area contributed by atoms with E-state index in [1.807, 2.05) is 0 Å². The fraction of sp³-hybridized carbons (Fsp3) is 1.00. The SMILES string of the molecule is CCCCCCCOP(=O)([O-])CCCCCCC.CCCCCCCOP(=O)([O-])CCCCCCC.CCCCCCCOP(=O)([O-])CCCCCCC.CCCCCCCOP(=O)([O-])CCCCCCC.CCCCCCCOP(=O)([O-])CCCCCCC.CCCCCCCOP(=O)([O-])CCCCCCC.[Mo+6]. The van der Waals surface area contributed by atoms with E-state index in [1.165, 1.54) is 193 Å². The predicted molar refractivity (Wildman–Crippen MR) is 456 cm³/mol. The van der Waals surface area contributed by atoms with Gasteiger partial charge in [-0.1, -0.05) is 391 Å². The second-order valence-electron chi connectivity index (χ2n) is 30.0. The van der Waals surface area contributed by atoms with Crippen LogP contribution in [0.25, 0.3) is 0 Å². The monoisotopic (exact) mass is 1760 g/mol. The largest absolute Gasteiger partial charge is 6.00 e. The molecule has 0 aromatic heterocycles. The molecular weight excluding hydrogens is 1580 g/mol. The molecule has 0 saturated carbocycles. The molecule has 18 nitrogen and oxygen atoms in total. The van der Waals surface area contributed by atoms with Crippen LogP contribution in [0.1, 0.15) is 468 Å². The van der Waals surface area contributed by atoms with Crippen molar-refractivity contribution in [2.45, 2.75) is 468 Å². The van der Waals surface area contributed by atoms with E-state index in [2.05, 4.69) is 83.1 Å². The Labute approximate surface area is 691 Å². The Balaban J connectivity index is -0.000000229.